The molecule has 0 saturated heterocycles. The van der Waals surface area contributed by atoms with Gasteiger partial charge in [0.05, 0.1) is 5.56 Å². The van der Waals surface area contributed by atoms with E-state index in [0.29, 0.717) is 6.42 Å². The van der Waals surface area contributed by atoms with Gasteiger partial charge in [-0.1, -0.05) is 30.4 Å². The Bertz CT molecular complexity index is 635. The van der Waals surface area contributed by atoms with E-state index in [1.165, 1.54) is 31.2 Å². The Morgan fingerprint density at radius 2 is 2.04 bits per heavy atom. The number of halogens is 3. The second kappa shape index (κ2) is 7.00. The average molecular weight is 325 g/mol. The van der Waals surface area contributed by atoms with E-state index in [1.54, 1.807) is 6.08 Å². The summed E-state index contributed by atoms with van der Waals surface area (Å²) >= 11 is 0. The fraction of sp³-hybridized carbons (Fsp3) is 0.353. The first-order chi connectivity index (χ1) is 10.8. The number of aliphatic hydroxyl groups is 1. The Morgan fingerprint density at radius 1 is 1.35 bits per heavy atom. The monoisotopic (exact) mass is 325 g/mol. The molecule has 2 atom stereocenters. The number of benzene rings is 1. The highest BCUT2D eigenvalue weighted by molar-refractivity contribution is 5.95. The molecule has 1 aliphatic rings. The lowest BCUT2D eigenvalue weighted by Gasteiger charge is -2.14. The molecule has 2 N–H and O–H groups in total. The van der Waals surface area contributed by atoms with Crippen molar-refractivity contribution in [3.05, 3.63) is 53.6 Å². The van der Waals surface area contributed by atoms with Crippen molar-refractivity contribution in [2.45, 2.75) is 25.6 Å². The maximum atomic E-state index is 13.0. The minimum absolute atomic E-state index is 0.00894. The van der Waals surface area contributed by atoms with Gasteiger partial charge in [-0.25, -0.2) is 0 Å². The number of nitrogens with one attached hydrogen (secondary N) is 1. The van der Waals surface area contributed by atoms with Crippen LogP contribution in [0.1, 0.15) is 24.5 Å². The lowest BCUT2D eigenvalue weighted by molar-refractivity contribution is -0.137. The summed E-state index contributed by atoms with van der Waals surface area (Å²) in [6.07, 6.45) is 0.899. The highest BCUT2D eigenvalue weighted by Gasteiger charge is 2.33. The van der Waals surface area contributed by atoms with Crippen molar-refractivity contribution in [3.63, 3.8) is 0 Å². The minimum atomic E-state index is -4.47. The summed E-state index contributed by atoms with van der Waals surface area (Å²) < 4.78 is 39.0. The number of alkyl halides is 3. The first-order valence-electron chi connectivity index (χ1n) is 7.26. The predicted octanol–water partition coefficient (Wildman–Crippen LogP) is 3.16. The molecule has 1 aliphatic carbocycles. The summed E-state index contributed by atoms with van der Waals surface area (Å²) in [5.41, 5.74) is -0.524. The fourth-order valence-electron chi connectivity index (χ4n) is 2.59. The van der Waals surface area contributed by atoms with Gasteiger partial charge in [0.1, 0.15) is 0 Å². The molecule has 23 heavy (non-hydrogen) atoms. The van der Waals surface area contributed by atoms with Crippen molar-refractivity contribution in [2.75, 3.05) is 6.61 Å². The number of hydrogen-bond donors (Lipinski definition) is 2. The van der Waals surface area contributed by atoms with Gasteiger partial charge in [-0.3, -0.25) is 4.79 Å². The van der Waals surface area contributed by atoms with Crippen LogP contribution >= 0.6 is 0 Å². The van der Waals surface area contributed by atoms with Crippen LogP contribution in [0.5, 0.6) is 0 Å². The highest BCUT2D eigenvalue weighted by Crippen LogP contribution is 2.34. The van der Waals surface area contributed by atoms with Crippen LogP contribution in [0.4, 0.5) is 13.2 Å². The van der Waals surface area contributed by atoms with Gasteiger partial charge in [0.2, 0.25) is 5.91 Å². The van der Waals surface area contributed by atoms with Gasteiger partial charge in [0.25, 0.3) is 0 Å². The Morgan fingerprint density at radius 3 is 2.65 bits per heavy atom. The molecule has 1 amide bonds. The molecule has 0 aromatic heterocycles. The van der Waals surface area contributed by atoms with E-state index in [0.717, 1.165) is 6.07 Å². The van der Waals surface area contributed by atoms with Crippen molar-refractivity contribution >= 4 is 11.5 Å². The number of carbonyl (C=O) groups excluding carboxylic acids is 1. The molecule has 3 nitrogen and oxygen atoms in total. The summed E-state index contributed by atoms with van der Waals surface area (Å²) in [4.78, 5) is 12.0. The van der Waals surface area contributed by atoms with Crippen molar-refractivity contribution in [3.8, 4) is 0 Å². The molecule has 6 heteroatoms. The molecule has 0 spiro atoms. The third kappa shape index (κ3) is 4.45. The van der Waals surface area contributed by atoms with Crippen molar-refractivity contribution < 1.29 is 23.1 Å². The summed E-state index contributed by atoms with van der Waals surface area (Å²) in [5, 5.41) is 11.7. The Labute approximate surface area is 132 Å². The molecule has 0 bridgehead atoms. The van der Waals surface area contributed by atoms with Gasteiger partial charge < -0.3 is 10.4 Å². The Balaban J connectivity index is 2.11. The standard InChI is InChI=1S/C17H18F3NO2/c1-11(14-4-2-3-5-15(14)17(18,19)20)8-16(23)21-13-7-6-12(9-13)10-22/h2-8,12-13,22H,9-10H2,1H3,(H,21,23)/b11-8-/t12-,13+/m0/s1. The van der Waals surface area contributed by atoms with Crippen LogP contribution in [0, 0.1) is 5.92 Å². The Hall–Kier alpha value is -2.08. The number of carbonyl (C=O) groups is 1. The molecule has 1 aromatic rings. The van der Waals surface area contributed by atoms with Gasteiger partial charge >= 0.3 is 6.18 Å². The van der Waals surface area contributed by atoms with Gasteiger partial charge in [-0.15, -0.1) is 0 Å². The van der Waals surface area contributed by atoms with E-state index >= 15 is 0 Å². The maximum Gasteiger partial charge on any atom is 0.416 e. The van der Waals surface area contributed by atoms with E-state index in [1.807, 2.05) is 6.08 Å². The molecular formula is C17H18F3NO2. The third-order valence-electron chi connectivity index (χ3n) is 3.74. The van der Waals surface area contributed by atoms with E-state index in [4.69, 9.17) is 5.11 Å². The van der Waals surface area contributed by atoms with Gasteiger partial charge in [-0.2, -0.15) is 13.2 Å². The van der Waals surface area contributed by atoms with Crippen LogP contribution < -0.4 is 5.32 Å². The van der Waals surface area contributed by atoms with Crippen LogP contribution in [-0.4, -0.2) is 23.7 Å². The SMILES string of the molecule is C/C(=C/C(=O)N[C@@H]1C=C[C@H](CO)C1)c1ccccc1C(F)(F)F. The average Bonchev–Trinajstić information content (AvgIpc) is 2.93. The molecule has 0 unspecified atom stereocenters. The van der Waals surface area contributed by atoms with Crippen molar-refractivity contribution in [1.29, 1.82) is 0 Å². The van der Waals surface area contributed by atoms with Gasteiger partial charge in [-0.05, 0) is 30.5 Å². The summed E-state index contributed by atoms with van der Waals surface area (Å²) in [7, 11) is 0. The molecule has 0 aliphatic heterocycles. The maximum absolute atomic E-state index is 13.0. The zero-order valence-corrected chi connectivity index (χ0v) is 12.6. The predicted molar refractivity (Wildman–Crippen MR) is 81.4 cm³/mol. The first kappa shape index (κ1) is 17.3. The quantitative estimate of drug-likeness (QED) is 0.660. The summed E-state index contributed by atoms with van der Waals surface area (Å²) in [5.74, 6) is -0.441. The molecule has 124 valence electrons. The van der Waals surface area contributed by atoms with E-state index in [2.05, 4.69) is 5.32 Å². The topological polar surface area (TPSA) is 49.3 Å². The molecule has 0 radical (unpaired) electrons. The molecular weight excluding hydrogens is 307 g/mol. The molecule has 2 rings (SSSR count). The lowest BCUT2D eigenvalue weighted by Crippen LogP contribution is -2.31. The molecule has 0 saturated carbocycles. The minimum Gasteiger partial charge on any atom is -0.396 e. The number of hydrogen-bond acceptors (Lipinski definition) is 2. The Kier molecular flexibility index (Phi) is 5.26. The number of allylic oxidation sites excluding steroid dienone is 1. The molecule has 1 aromatic carbocycles. The summed E-state index contributed by atoms with van der Waals surface area (Å²) in [6.45, 7) is 1.49. The second-order valence-corrected chi connectivity index (χ2v) is 5.55. The van der Waals surface area contributed by atoms with Gasteiger partial charge in [0.15, 0.2) is 0 Å². The second-order valence-electron chi connectivity index (χ2n) is 5.55. The smallest absolute Gasteiger partial charge is 0.396 e. The fourth-order valence-corrected chi connectivity index (χ4v) is 2.59. The lowest BCUT2D eigenvalue weighted by atomic mass is 10.00. The zero-order valence-electron chi connectivity index (χ0n) is 12.6. The van der Waals surface area contributed by atoms with E-state index in [9.17, 15) is 18.0 Å². The normalized spacial score (nSPS) is 21.5. The number of aliphatic hydroxyl groups excluding tert-OH is 1. The molecule has 0 fully saturated rings. The largest absolute Gasteiger partial charge is 0.416 e. The van der Waals surface area contributed by atoms with Crippen LogP contribution in [-0.2, 0) is 11.0 Å². The van der Waals surface area contributed by atoms with Crippen LogP contribution in [0.25, 0.3) is 5.57 Å². The number of amides is 1. The molecule has 0 heterocycles. The number of rotatable bonds is 4. The third-order valence-corrected chi connectivity index (χ3v) is 3.74. The van der Waals surface area contributed by atoms with Crippen LogP contribution in [0.2, 0.25) is 0 Å². The van der Waals surface area contributed by atoms with Crippen LogP contribution in [0.15, 0.2) is 42.5 Å². The van der Waals surface area contributed by atoms with Gasteiger partial charge in [0, 0.05) is 24.6 Å². The summed E-state index contributed by atoms with van der Waals surface area (Å²) in [6, 6.07) is 4.96. The van der Waals surface area contributed by atoms with Crippen molar-refractivity contribution in [2.24, 2.45) is 5.92 Å². The van der Waals surface area contributed by atoms with Crippen molar-refractivity contribution in [1.82, 2.24) is 5.32 Å². The van der Waals surface area contributed by atoms with Crippen LogP contribution in [0.3, 0.4) is 0 Å². The van der Waals surface area contributed by atoms with E-state index in [-0.39, 0.29) is 29.7 Å². The van der Waals surface area contributed by atoms with E-state index < -0.39 is 17.6 Å². The zero-order chi connectivity index (χ0) is 17.0. The highest BCUT2D eigenvalue weighted by atomic mass is 19.4. The first-order valence-corrected chi connectivity index (χ1v) is 7.26.